The minimum atomic E-state index is -1.46. The number of hydrogen-bond acceptors (Lipinski definition) is 6. The summed E-state index contributed by atoms with van der Waals surface area (Å²) >= 11 is 0. The summed E-state index contributed by atoms with van der Waals surface area (Å²) in [5.41, 5.74) is 0. The molecule has 1 saturated heterocycles. The van der Waals surface area contributed by atoms with E-state index in [-0.39, 0.29) is 17.8 Å². The molecule has 106 valence electrons. The Hall–Kier alpha value is -0.530. The van der Waals surface area contributed by atoms with Crippen molar-refractivity contribution in [2.75, 3.05) is 0 Å². The van der Waals surface area contributed by atoms with E-state index in [1.807, 2.05) is 0 Å². The molecule has 0 aromatic rings. The van der Waals surface area contributed by atoms with Crippen LogP contribution in [0.5, 0.6) is 0 Å². The summed E-state index contributed by atoms with van der Waals surface area (Å²) in [6.07, 6.45) is -6.80. The van der Waals surface area contributed by atoms with Gasteiger partial charge in [0.25, 0.3) is 0 Å². The first-order valence-corrected chi connectivity index (χ1v) is 6.14. The molecule has 0 amide bonds. The molecule has 0 spiro atoms. The largest absolute Gasteiger partial charge is 0.387 e. The lowest BCUT2D eigenvalue weighted by Gasteiger charge is -2.40. The normalized spacial score (nSPS) is 37.3. The number of rotatable bonds is 4. The number of hydrogen-bond donors (Lipinski definition) is 3. The van der Waals surface area contributed by atoms with E-state index < -0.39 is 30.7 Å². The number of carbonyl (C=O) groups excluding carboxylic acids is 1. The molecule has 0 aliphatic carbocycles. The van der Waals surface area contributed by atoms with Crippen molar-refractivity contribution in [3.05, 3.63) is 0 Å². The molecule has 0 aromatic carbocycles. The van der Waals surface area contributed by atoms with E-state index in [0.717, 1.165) is 0 Å². The van der Waals surface area contributed by atoms with Crippen molar-refractivity contribution < 1.29 is 29.6 Å². The van der Waals surface area contributed by atoms with E-state index in [2.05, 4.69) is 0 Å². The van der Waals surface area contributed by atoms with Crippen LogP contribution in [0.25, 0.3) is 0 Å². The van der Waals surface area contributed by atoms with Crippen LogP contribution in [0.3, 0.4) is 0 Å². The molecule has 1 aliphatic rings. The summed E-state index contributed by atoms with van der Waals surface area (Å²) in [5, 5.41) is 29.2. The van der Waals surface area contributed by atoms with Crippen molar-refractivity contribution in [3.8, 4) is 0 Å². The SMILES string of the molecule is CC(C)O[C@@H]1OC(C(=O)C(C)C)[C@@H](O)[C@H](O)C1O. The van der Waals surface area contributed by atoms with E-state index >= 15 is 0 Å². The smallest absolute Gasteiger partial charge is 0.187 e. The third-order valence-corrected chi connectivity index (χ3v) is 2.83. The van der Waals surface area contributed by atoms with Crippen LogP contribution in [-0.2, 0) is 14.3 Å². The predicted octanol–water partition coefficient (Wildman–Crippen LogP) is -0.556. The van der Waals surface area contributed by atoms with Gasteiger partial charge in [0.05, 0.1) is 6.10 Å². The number of aliphatic hydroxyl groups is 3. The molecular weight excluding hydrogens is 240 g/mol. The van der Waals surface area contributed by atoms with E-state index in [4.69, 9.17) is 9.47 Å². The Morgan fingerprint density at radius 3 is 2.06 bits per heavy atom. The molecule has 3 N–H and O–H groups in total. The minimum Gasteiger partial charge on any atom is -0.387 e. The van der Waals surface area contributed by atoms with Crippen molar-refractivity contribution in [3.63, 3.8) is 0 Å². The third-order valence-electron chi connectivity index (χ3n) is 2.83. The molecule has 5 atom stereocenters. The average Bonchev–Trinajstić information content (AvgIpc) is 2.28. The minimum absolute atomic E-state index is 0.234. The highest BCUT2D eigenvalue weighted by atomic mass is 16.7. The van der Waals surface area contributed by atoms with E-state index in [9.17, 15) is 20.1 Å². The lowest BCUT2D eigenvalue weighted by molar-refractivity contribution is -0.298. The summed E-state index contributed by atoms with van der Waals surface area (Å²) in [6.45, 7) is 6.84. The maximum Gasteiger partial charge on any atom is 0.187 e. The number of aliphatic hydroxyl groups excluding tert-OH is 3. The van der Waals surface area contributed by atoms with E-state index in [1.54, 1.807) is 27.7 Å². The summed E-state index contributed by atoms with van der Waals surface area (Å²) in [7, 11) is 0. The van der Waals surface area contributed by atoms with Crippen molar-refractivity contribution in [1.82, 2.24) is 0 Å². The van der Waals surface area contributed by atoms with Gasteiger partial charge in [0, 0.05) is 5.92 Å². The quantitative estimate of drug-likeness (QED) is 0.629. The van der Waals surface area contributed by atoms with E-state index in [1.165, 1.54) is 0 Å². The lowest BCUT2D eigenvalue weighted by Crippen LogP contribution is -2.61. The van der Waals surface area contributed by atoms with Gasteiger partial charge in [0.2, 0.25) is 0 Å². The molecule has 2 unspecified atom stereocenters. The maximum absolute atomic E-state index is 11.9. The van der Waals surface area contributed by atoms with Gasteiger partial charge in [0.1, 0.15) is 24.4 Å². The Balaban J connectivity index is 2.83. The zero-order valence-corrected chi connectivity index (χ0v) is 11.1. The number of ketones is 1. The summed E-state index contributed by atoms with van der Waals surface area (Å²) in [4.78, 5) is 11.9. The summed E-state index contributed by atoms with van der Waals surface area (Å²) in [5.74, 6) is -0.669. The van der Waals surface area contributed by atoms with Gasteiger partial charge in [-0.15, -0.1) is 0 Å². The molecule has 1 rings (SSSR count). The van der Waals surface area contributed by atoms with Gasteiger partial charge in [-0.05, 0) is 13.8 Å². The second-order valence-electron chi connectivity index (χ2n) is 5.14. The Morgan fingerprint density at radius 2 is 1.61 bits per heavy atom. The standard InChI is InChI=1S/C12H22O6/c1-5(2)7(13)11-9(15)8(14)10(16)12(18-11)17-6(3)4/h5-6,8-12,14-16H,1-4H3/t8-,9-,10?,11?,12+/m0/s1. The van der Waals surface area contributed by atoms with Crippen molar-refractivity contribution in [2.45, 2.75) is 64.5 Å². The van der Waals surface area contributed by atoms with Crippen molar-refractivity contribution in [1.29, 1.82) is 0 Å². The van der Waals surface area contributed by atoms with Crippen LogP contribution in [0.4, 0.5) is 0 Å². The topological polar surface area (TPSA) is 96.2 Å². The number of carbonyl (C=O) groups is 1. The van der Waals surface area contributed by atoms with Crippen LogP contribution < -0.4 is 0 Å². The van der Waals surface area contributed by atoms with Gasteiger partial charge < -0.3 is 24.8 Å². The molecule has 0 radical (unpaired) electrons. The van der Waals surface area contributed by atoms with Crippen LogP contribution in [0, 0.1) is 5.92 Å². The fourth-order valence-corrected chi connectivity index (χ4v) is 1.79. The number of ether oxygens (including phenoxy) is 2. The molecule has 1 fully saturated rings. The van der Waals surface area contributed by atoms with Gasteiger partial charge in [0.15, 0.2) is 12.1 Å². The molecule has 6 nitrogen and oxygen atoms in total. The third kappa shape index (κ3) is 3.27. The Bertz CT molecular complexity index is 290. The van der Waals surface area contributed by atoms with Crippen molar-refractivity contribution >= 4 is 5.78 Å². The van der Waals surface area contributed by atoms with Gasteiger partial charge in [-0.1, -0.05) is 13.8 Å². The fourth-order valence-electron chi connectivity index (χ4n) is 1.79. The van der Waals surface area contributed by atoms with Gasteiger partial charge in [-0.25, -0.2) is 0 Å². The van der Waals surface area contributed by atoms with Crippen LogP contribution in [0.15, 0.2) is 0 Å². The predicted molar refractivity (Wildman–Crippen MR) is 62.7 cm³/mol. The van der Waals surface area contributed by atoms with Gasteiger partial charge in [-0.3, -0.25) is 4.79 Å². The van der Waals surface area contributed by atoms with Crippen LogP contribution in [-0.4, -0.2) is 57.9 Å². The Labute approximate surface area is 107 Å². The lowest BCUT2D eigenvalue weighted by atomic mass is 9.92. The molecule has 0 saturated carbocycles. The zero-order valence-electron chi connectivity index (χ0n) is 11.1. The average molecular weight is 262 g/mol. The summed E-state index contributed by atoms with van der Waals surface area (Å²) < 4.78 is 10.6. The van der Waals surface area contributed by atoms with Gasteiger partial charge >= 0.3 is 0 Å². The molecule has 0 aromatic heterocycles. The monoisotopic (exact) mass is 262 g/mol. The second kappa shape index (κ2) is 6.08. The maximum atomic E-state index is 11.9. The van der Waals surface area contributed by atoms with E-state index in [0.29, 0.717) is 0 Å². The highest BCUT2D eigenvalue weighted by molar-refractivity contribution is 5.85. The fraction of sp³-hybridized carbons (Fsp3) is 0.917. The Kier molecular flexibility index (Phi) is 5.24. The second-order valence-corrected chi connectivity index (χ2v) is 5.14. The molecule has 6 heteroatoms. The first-order valence-electron chi connectivity index (χ1n) is 6.14. The van der Waals surface area contributed by atoms with Crippen LogP contribution in [0.2, 0.25) is 0 Å². The number of Topliss-reactive ketones (excluding diaryl/α,β-unsaturated/α-hetero) is 1. The van der Waals surface area contributed by atoms with Crippen LogP contribution >= 0.6 is 0 Å². The molecular formula is C12H22O6. The highest BCUT2D eigenvalue weighted by Gasteiger charge is 2.47. The zero-order chi connectivity index (χ0) is 14.0. The van der Waals surface area contributed by atoms with Crippen molar-refractivity contribution in [2.24, 2.45) is 5.92 Å². The first kappa shape index (κ1) is 15.5. The first-order chi connectivity index (χ1) is 8.25. The molecule has 1 aliphatic heterocycles. The summed E-state index contributed by atoms with van der Waals surface area (Å²) in [6, 6.07) is 0. The molecule has 0 bridgehead atoms. The highest BCUT2D eigenvalue weighted by Crippen LogP contribution is 2.25. The van der Waals surface area contributed by atoms with Crippen LogP contribution in [0.1, 0.15) is 27.7 Å². The van der Waals surface area contributed by atoms with Gasteiger partial charge in [-0.2, -0.15) is 0 Å². The molecule has 1 heterocycles. The molecule has 18 heavy (non-hydrogen) atoms. The Morgan fingerprint density at radius 1 is 1.06 bits per heavy atom.